The van der Waals surface area contributed by atoms with Crippen LogP contribution in [0.25, 0.3) is 0 Å². The highest BCUT2D eigenvalue weighted by atomic mass is 35.5. The SMILES string of the molecule is Cc1cc(F)ccc1NC(=O)c1cc(NC(=O)C(CCl)C(CCl)c2cc(Cl)cc(Cl)c2)ccc1Cl. The predicted molar refractivity (Wildman–Crippen MR) is 143 cm³/mol. The van der Waals surface area contributed by atoms with E-state index in [-0.39, 0.29) is 22.3 Å². The Kier molecular flexibility index (Phi) is 9.68. The Labute approximate surface area is 227 Å². The van der Waals surface area contributed by atoms with E-state index < -0.39 is 29.5 Å². The minimum Gasteiger partial charge on any atom is -0.326 e. The molecule has 184 valence electrons. The van der Waals surface area contributed by atoms with Gasteiger partial charge in [-0.05, 0) is 72.6 Å². The van der Waals surface area contributed by atoms with Gasteiger partial charge in [-0.15, -0.1) is 23.2 Å². The summed E-state index contributed by atoms with van der Waals surface area (Å²) >= 11 is 30.8. The van der Waals surface area contributed by atoms with Crippen LogP contribution in [-0.4, -0.2) is 23.6 Å². The van der Waals surface area contributed by atoms with Crippen LogP contribution in [0.2, 0.25) is 15.1 Å². The molecule has 3 rings (SSSR count). The number of benzene rings is 3. The molecule has 0 fully saturated rings. The monoisotopic (exact) mass is 574 g/mol. The number of amides is 2. The van der Waals surface area contributed by atoms with Crippen LogP contribution in [0, 0.1) is 18.7 Å². The van der Waals surface area contributed by atoms with E-state index in [2.05, 4.69) is 10.6 Å². The topological polar surface area (TPSA) is 58.2 Å². The molecule has 2 atom stereocenters. The minimum absolute atomic E-state index is 0.0157. The van der Waals surface area contributed by atoms with Gasteiger partial charge in [0.25, 0.3) is 5.91 Å². The lowest BCUT2D eigenvalue weighted by Crippen LogP contribution is -2.30. The predicted octanol–water partition coefficient (Wildman–Crippen LogP) is 8.16. The second-order valence-corrected chi connectivity index (χ2v) is 9.72. The van der Waals surface area contributed by atoms with Crippen molar-refractivity contribution in [3.63, 3.8) is 0 Å². The van der Waals surface area contributed by atoms with Crippen LogP contribution in [0.3, 0.4) is 0 Å². The van der Waals surface area contributed by atoms with E-state index in [1.165, 1.54) is 30.3 Å². The van der Waals surface area contributed by atoms with Gasteiger partial charge in [0.05, 0.1) is 16.5 Å². The zero-order chi connectivity index (χ0) is 25.7. The van der Waals surface area contributed by atoms with Gasteiger partial charge < -0.3 is 10.6 Å². The van der Waals surface area contributed by atoms with Gasteiger partial charge >= 0.3 is 0 Å². The van der Waals surface area contributed by atoms with Gasteiger partial charge in [-0.1, -0.05) is 34.8 Å². The third-order valence-corrected chi connectivity index (χ3v) is 6.81. The van der Waals surface area contributed by atoms with Gasteiger partial charge in [-0.2, -0.15) is 0 Å². The number of hydrogen-bond acceptors (Lipinski definition) is 2. The molecule has 0 spiro atoms. The molecule has 0 radical (unpaired) electrons. The number of nitrogens with one attached hydrogen (secondary N) is 2. The van der Waals surface area contributed by atoms with Crippen molar-refractivity contribution in [2.24, 2.45) is 5.92 Å². The van der Waals surface area contributed by atoms with Gasteiger partial charge in [0.2, 0.25) is 5.91 Å². The Balaban J connectivity index is 1.81. The number of aryl methyl sites for hydroxylation is 1. The van der Waals surface area contributed by atoms with Crippen molar-refractivity contribution >= 4 is 81.2 Å². The van der Waals surface area contributed by atoms with E-state index in [1.807, 2.05) is 0 Å². The first-order chi connectivity index (χ1) is 16.6. The van der Waals surface area contributed by atoms with Gasteiger partial charge in [0, 0.05) is 39.1 Å². The molecule has 3 aromatic rings. The van der Waals surface area contributed by atoms with Crippen LogP contribution in [0.1, 0.15) is 27.4 Å². The van der Waals surface area contributed by atoms with Crippen molar-refractivity contribution in [2.45, 2.75) is 12.8 Å². The van der Waals surface area contributed by atoms with E-state index in [1.54, 1.807) is 31.2 Å². The van der Waals surface area contributed by atoms with Crippen molar-refractivity contribution in [1.82, 2.24) is 0 Å². The maximum absolute atomic E-state index is 13.4. The van der Waals surface area contributed by atoms with Crippen LogP contribution in [0.15, 0.2) is 54.6 Å². The van der Waals surface area contributed by atoms with Crippen LogP contribution < -0.4 is 10.6 Å². The Hall–Kier alpha value is -2.02. The third kappa shape index (κ3) is 7.02. The Bertz CT molecular complexity index is 1230. The van der Waals surface area contributed by atoms with Crippen LogP contribution in [0.5, 0.6) is 0 Å². The number of halogens is 6. The average Bonchev–Trinajstić information content (AvgIpc) is 2.79. The molecule has 0 bridgehead atoms. The summed E-state index contributed by atoms with van der Waals surface area (Å²) in [5, 5.41) is 6.50. The molecule has 35 heavy (non-hydrogen) atoms. The van der Waals surface area contributed by atoms with Gasteiger partial charge in [0.1, 0.15) is 5.82 Å². The van der Waals surface area contributed by atoms with E-state index >= 15 is 0 Å². The summed E-state index contributed by atoms with van der Waals surface area (Å²) in [6, 6.07) is 13.5. The fourth-order valence-electron chi connectivity index (χ4n) is 3.55. The molecule has 0 saturated heterocycles. The molecule has 3 aromatic carbocycles. The first-order valence-corrected chi connectivity index (χ1v) is 12.6. The van der Waals surface area contributed by atoms with Crippen molar-refractivity contribution in [2.75, 3.05) is 22.4 Å². The molecule has 2 amide bonds. The van der Waals surface area contributed by atoms with Crippen LogP contribution >= 0.6 is 58.0 Å². The zero-order valence-corrected chi connectivity index (χ0v) is 22.1. The summed E-state index contributed by atoms with van der Waals surface area (Å²) in [7, 11) is 0. The zero-order valence-electron chi connectivity index (χ0n) is 18.3. The highest BCUT2D eigenvalue weighted by Gasteiger charge is 2.29. The molecule has 0 aliphatic carbocycles. The fourth-order valence-corrected chi connectivity index (χ4v) is 5.04. The molecule has 10 heteroatoms. The molecule has 0 aliphatic heterocycles. The molecule has 0 heterocycles. The van der Waals surface area contributed by atoms with Crippen molar-refractivity contribution in [1.29, 1.82) is 0 Å². The summed E-state index contributed by atoms with van der Waals surface area (Å²) < 4.78 is 13.4. The maximum Gasteiger partial charge on any atom is 0.257 e. The first kappa shape index (κ1) is 27.6. The second-order valence-electron chi connectivity index (χ2n) is 7.82. The first-order valence-electron chi connectivity index (χ1n) is 10.4. The lowest BCUT2D eigenvalue weighted by Gasteiger charge is -2.24. The second kappa shape index (κ2) is 12.3. The van der Waals surface area contributed by atoms with E-state index in [9.17, 15) is 14.0 Å². The molecule has 2 N–H and O–H groups in total. The van der Waals surface area contributed by atoms with Crippen LogP contribution in [-0.2, 0) is 4.79 Å². The number of alkyl halides is 2. The summed E-state index contributed by atoms with van der Waals surface area (Å²) in [4.78, 5) is 26.0. The lowest BCUT2D eigenvalue weighted by atomic mass is 9.88. The number of carbonyl (C=O) groups excluding carboxylic acids is 2. The van der Waals surface area contributed by atoms with Crippen molar-refractivity contribution in [3.05, 3.63) is 92.2 Å². The lowest BCUT2D eigenvalue weighted by molar-refractivity contribution is -0.119. The fraction of sp³-hybridized carbons (Fsp3) is 0.200. The summed E-state index contributed by atoms with van der Waals surface area (Å²) in [6.45, 7) is 1.67. The largest absolute Gasteiger partial charge is 0.326 e. The van der Waals surface area contributed by atoms with Crippen LogP contribution in [0.4, 0.5) is 15.8 Å². The van der Waals surface area contributed by atoms with Crippen molar-refractivity contribution in [3.8, 4) is 0 Å². The molecule has 0 saturated carbocycles. The summed E-state index contributed by atoms with van der Waals surface area (Å²) in [5.41, 5.74) is 2.15. The van der Waals surface area contributed by atoms with E-state index in [0.29, 0.717) is 32.5 Å². The Morgan fingerprint density at radius 2 is 1.57 bits per heavy atom. The molecular formula is C25H20Cl5FN2O2. The molecular weight excluding hydrogens is 557 g/mol. The van der Waals surface area contributed by atoms with Gasteiger partial charge in [0.15, 0.2) is 0 Å². The average molecular weight is 577 g/mol. The molecule has 0 aliphatic rings. The normalized spacial score (nSPS) is 12.7. The Morgan fingerprint density at radius 3 is 2.17 bits per heavy atom. The standard InChI is InChI=1S/C25H20Cl5FN2O2/c1-13-6-17(31)2-5-23(13)33-24(34)19-10-18(3-4-22(19)30)32-25(35)21(12-27)20(11-26)14-7-15(28)9-16(29)8-14/h2-10,20-21H,11-12H2,1H3,(H,32,35)(H,33,34). The van der Waals surface area contributed by atoms with Gasteiger partial charge in [-0.25, -0.2) is 4.39 Å². The van der Waals surface area contributed by atoms with Gasteiger partial charge in [-0.3, -0.25) is 9.59 Å². The van der Waals surface area contributed by atoms with E-state index in [4.69, 9.17) is 58.0 Å². The minimum atomic E-state index is -0.710. The number of hydrogen-bond donors (Lipinski definition) is 2. The third-order valence-electron chi connectivity index (χ3n) is 5.38. The summed E-state index contributed by atoms with van der Waals surface area (Å²) in [5.74, 6) is -2.40. The highest BCUT2D eigenvalue weighted by molar-refractivity contribution is 6.35. The molecule has 0 aromatic heterocycles. The number of rotatable bonds is 8. The highest BCUT2D eigenvalue weighted by Crippen LogP contribution is 2.33. The number of carbonyl (C=O) groups is 2. The molecule has 4 nitrogen and oxygen atoms in total. The quantitative estimate of drug-likeness (QED) is 0.266. The smallest absolute Gasteiger partial charge is 0.257 e. The Morgan fingerprint density at radius 1 is 0.886 bits per heavy atom. The number of anilines is 2. The summed E-state index contributed by atoms with van der Waals surface area (Å²) in [6.07, 6.45) is 0. The molecule has 2 unspecified atom stereocenters. The van der Waals surface area contributed by atoms with E-state index in [0.717, 1.165) is 0 Å². The van der Waals surface area contributed by atoms with Crippen molar-refractivity contribution < 1.29 is 14.0 Å². The maximum atomic E-state index is 13.4.